The summed E-state index contributed by atoms with van der Waals surface area (Å²) in [5, 5.41) is 3.03. The molecule has 9 nitrogen and oxygen atoms in total. The van der Waals surface area contributed by atoms with Gasteiger partial charge in [-0.3, -0.25) is 4.98 Å². The van der Waals surface area contributed by atoms with Crippen molar-refractivity contribution in [3.8, 4) is 0 Å². The fraction of sp³-hybridized carbons (Fsp3) is 0.143. The number of nitrogens with one attached hydrogen (secondary N) is 2. The number of carbonyl (C=O) groups is 2. The van der Waals surface area contributed by atoms with Gasteiger partial charge in [0.25, 0.3) is 10.0 Å². The van der Waals surface area contributed by atoms with Crippen LogP contribution in [0.15, 0.2) is 69.5 Å². The van der Waals surface area contributed by atoms with E-state index in [2.05, 4.69) is 15.3 Å². The second-order valence-corrected chi connectivity index (χ2v) is 9.55. The number of ether oxygens (including phenoxy) is 1. The van der Waals surface area contributed by atoms with Gasteiger partial charge in [0.2, 0.25) is 0 Å². The lowest BCUT2D eigenvalue weighted by atomic mass is 10.3. The number of urea groups is 1. The predicted molar refractivity (Wildman–Crippen MR) is 124 cm³/mol. The van der Waals surface area contributed by atoms with E-state index < -0.39 is 22.0 Å². The first-order valence-electron chi connectivity index (χ1n) is 9.57. The van der Waals surface area contributed by atoms with E-state index >= 15 is 0 Å². The molecule has 0 spiro atoms. The first kappa shape index (κ1) is 24.5. The number of halogens is 1. The first-order valence-corrected chi connectivity index (χ1v) is 12.2. The van der Waals surface area contributed by atoms with Crippen molar-refractivity contribution in [3.63, 3.8) is 0 Å². The highest BCUT2D eigenvalue weighted by molar-refractivity contribution is 7.99. The van der Waals surface area contributed by atoms with Crippen LogP contribution in [0.5, 0.6) is 0 Å². The molecular weight excluding hydrogens is 488 g/mol. The van der Waals surface area contributed by atoms with E-state index in [-0.39, 0.29) is 27.9 Å². The Morgan fingerprint density at radius 1 is 1.12 bits per heavy atom. The molecule has 1 aromatic heterocycles. The number of nitrogens with zero attached hydrogens (tertiary/aromatic N) is 2. The summed E-state index contributed by atoms with van der Waals surface area (Å²) < 4.78 is 31.6. The van der Waals surface area contributed by atoms with Crippen molar-refractivity contribution in [2.45, 2.75) is 28.7 Å². The Balaban J connectivity index is 1.78. The van der Waals surface area contributed by atoms with Gasteiger partial charge in [-0.1, -0.05) is 47.6 Å². The maximum atomic E-state index is 12.3. The summed E-state index contributed by atoms with van der Waals surface area (Å²) in [6.07, 6.45) is 1.33. The van der Waals surface area contributed by atoms with E-state index in [1.54, 1.807) is 44.2 Å². The van der Waals surface area contributed by atoms with Gasteiger partial charge in [0, 0.05) is 4.90 Å². The quantitative estimate of drug-likeness (QED) is 0.454. The van der Waals surface area contributed by atoms with Crippen LogP contribution in [0.4, 0.5) is 10.5 Å². The number of anilines is 1. The van der Waals surface area contributed by atoms with Gasteiger partial charge in [-0.05, 0) is 38.1 Å². The lowest BCUT2D eigenvalue weighted by molar-refractivity contribution is 0.0518. The second kappa shape index (κ2) is 10.6. The standard InChI is InChI=1S/C21H19ClN4O5S2/c1-3-31-20(27)16-12-23-13(2)19(24-16)32-17-11-7-10-15(18(17)22)25-21(28)26-33(29,30)14-8-5-4-6-9-14/h4-12H,3H2,1-2H3,(H2,25,26,28). The van der Waals surface area contributed by atoms with Gasteiger partial charge in [0.05, 0.1) is 34.1 Å². The van der Waals surface area contributed by atoms with Gasteiger partial charge in [0.15, 0.2) is 5.69 Å². The van der Waals surface area contributed by atoms with Crippen LogP contribution in [0.2, 0.25) is 5.02 Å². The number of aromatic nitrogens is 2. The SMILES string of the molecule is CCOC(=O)c1cnc(C)c(Sc2cccc(NC(=O)NS(=O)(=O)c3ccccc3)c2Cl)n1. The molecule has 12 heteroatoms. The molecule has 0 unspecified atom stereocenters. The maximum Gasteiger partial charge on any atom is 0.358 e. The van der Waals surface area contributed by atoms with Gasteiger partial charge in [-0.25, -0.2) is 27.7 Å². The van der Waals surface area contributed by atoms with Crippen LogP contribution in [0.1, 0.15) is 23.1 Å². The first-order chi connectivity index (χ1) is 15.7. The van der Waals surface area contributed by atoms with Crippen LogP contribution >= 0.6 is 23.4 Å². The van der Waals surface area contributed by atoms with Gasteiger partial charge < -0.3 is 10.1 Å². The number of benzene rings is 2. The van der Waals surface area contributed by atoms with Crippen molar-refractivity contribution in [1.29, 1.82) is 0 Å². The lowest BCUT2D eigenvalue weighted by Gasteiger charge is -2.12. The Kier molecular flexibility index (Phi) is 7.90. The lowest BCUT2D eigenvalue weighted by Crippen LogP contribution is -2.34. The molecule has 3 aromatic rings. The van der Waals surface area contributed by atoms with Gasteiger partial charge >= 0.3 is 12.0 Å². The zero-order valence-corrected chi connectivity index (χ0v) is 19.9. The van der Waals surface area contributed by atoms with Gasteiger partial charge in [-0.2, -0.15) is 0 Å². The predicted octanol–water partition coefficient (Wildman–Crippen LogP) is 4.28. The summed E-state index contributed by atoms with van der Waals surface area (Å²) in [5.41, 5.74) is 0.810. The number of carbonyl (C=O) groups excluding carboxylic acids is 2. The topological polar surface area (TPSA) is 127 Å². The average molecular weight is 507 g/mol. The zero-order chi connectivity index (χ0) is 24.0. The summed E-state index contributed by atoms with van der Waals surface area (Å²) in [6, 6.07) is 11.4. The van der Waals surface area contributed by atoms with Crippen molar-refractivity contribution in [2.75, 3.05) is 11.9 Å². The van der Waals surface area contributed by atoms with Crippen molar-refractivity contribution in [2.24, 2.45) is 0 Å². The van der Waals surface area contributed by atoms with Crippen molar-refractivity contribution in [3.05, 3.63) is 71.1 Å². The number of aryl methyl sites for hydroxylation is 1. The van der Waals surface area contributed by atoms with Crippen LogP contribution in [0.3, 0.4) is 0 Å². The molecule has 0 aliphatic heterocycles. The number of sulfonamides is 1. The fourth-order valence-corrected chi connectivity index (χ4v) is 4.67. The molecule has 2 N–H and O–H groups in total. The third-order valence-electron chi connectivity index (χ3n) is 4.10. The minimum Gasteiger partial charge on any atom is -0.461 e. The molecule has 0 aliphatic rings. The third kappa shape index (κ3) is 6.21. The molecule has 33 heavy (non-hydrogen) atoms. The Hall–Kier alpha value is -3.15. The van der Waals surface area contributed by atoms with E-state index in [4.69, 9.17) is 16.3 Å². The van der Waals surface area contributed by atoms with Crippen molar-refractivity contribution >= 4 is 51.1 Å². The molecular formula is C21H19ClN4O5S2. The molecule has 0 bridgehead atoms. The van der Waals surface area contributed by atoms with Crippen LogP contribution < -0.4 is 10.0 Å². The van der Waals surface area contributed by atoms with Crippen molar-refractivity contribution in [1.82, 2.24) is 14.7 Å². The summed E-state index contributed by atoms with van der Waals surface area (Å²) in [7, 11) is -4.05. The average Bonchev–Trinajstić information content (AvgIpc) is 2.78. The van der Waals surface area contributed by atoms with Crippen LogP contribution in [-0.4, -0.2) is 37.0 Å². The Labute approximate surface area is 200 Å². The molecule has 0 saturated carbocycles. The minimum absolute atomic E-state index is 0.0499. The molecule has 1 heterocycles. The Morgan fingerprint density at radius 2 is 1.85 bits per heavy atom. The van der Waals surface area contributed by atoms with Crippen LogP contribution in [0, 0.1) is 6.92 Å². The molecule has 2 amide bonds. The van der Waals surface area contributed by atoms with E-state index in [0.29, 0.717) is 15.6 Å². The molecule has 0 radical (unpaired) electrons. The highest BCUT2D eigenvalue weighted by Crippen LogP contribution is 2.37. The monoisotopic (exact) mass is 506 g/mol. The largest absolute Gasteiger partial charge is 0.461 e. The maximum absolute atomic E-state index is 12.3. The van der Waals surface area contributed by atoms with E-state index in [1.165, 1.54) is 24.4 Å². The Bertz CT molecular complexity index is 1290. The highest BCUT2D eigenvalue weighted by Gasteiger charge is 2.19. The van der Waals surface area contributed by atoms with E-state index in [9.17, 15) is 18.0 Å². The smallest absolute Gasteiger partial charge is 0.358 e. The normalized spacial score (nSPS) is 11.0. The number of esters is 1. The summed E-state index contributed by atoms with van der Waals surface area (Å²) in [4.78, 5) is 33.2. The summed E-state index contributed by atoms with van der Waals surface area (Å²) in [6.45, 7) is 3.62. The number of rotatable bonds is 7. The summed E-state index contributed by atoms with van der Waals surface area (Å²) in [5.74, 6) is -0.593. The number of amides is 2. The fourth-order valence-electron chi connectivity index (χ4n) is 2.55. The zero-order valence-electron chi connectivity index (χ0n) is 17.5. The summed E-state index contributed by atoms with van der Waals surface area (Å²) >= 11 is 7.58. The molecule has 3 rings (SSSR count). The highest BCUT2D eigenvalue weighted by atomic mass is 35.5. The van der Waals surface area contributed by atoms with Crippen molar-refractivity contribution < 1.29 is 22.7 Å². The van der Waals surface area contributed by atoms with E-state index in [1.807, 2.05) is 4.72 Å². The molecule has 2 aromatic carbocycles. The number of hydrogen-bond acceptors (Lipinski definition) is 8. The molecule has 0 aliphatic carbocycles. The van der Waals surface area contributed by atoms with Crippen LogP contribution in [-0.2, 0) is 14.8 Å². The Morgan fingerprint density at radius 3 is 2.55 bits per heavy atom. The van der Waals surface area contributed by atoms with Gasteiger partial charge in [0.1, 0.15) is 5.03 Å². The van der Waals surface area contributed by atoms with Gasteiger partial charge in [-0.15, -0.1) is 0 Å². The second-order valence-electron chi connectivity index (χ2n) is 6.46. The molecule has 0 saturated heterocycles. The molecule has 172 valence electrons. The third-order valence-corrected chi connectivity index (χ3v) is 7.10. The van der Waals surface area contributed by atoms with Crippen LogP contribution in [0.25, 0.3) is 0 Å². The number of hydrogen-bond donors (Lipinski definition) is 2. The van der Waals surface area contributed by atoms with E-state index in [0.717, 1.165) is 11.8 Å². The molecule has 0 fully saturated rings. The molecule has 0 atom stereocenters. The minimum atomic E-state index is -4.05.